The van der Waals surface area contributed by atoms with Gasteiger partial charge in [0.2, 0.25) is 11.8 Å². The summed E-state index contributed by atoms with van der Waals surface area (Å²) in [6, 6.07) is 6.61. The smallest absolute Gasteiger partial charge is 0.251 e. The molecule has 3 amide bonds. The van der Waals surface area contributed by atoms with E-state index in [1.165, 1.54) is 0 Å². The van der Waals surface area contributed by atoms with E-state index in [2.05, 4.69) is 10.6 Å². The molecule has 0 aromatic heterocycles. The predicted octanol–water partition coefficient (Wildman–Crippen LogP) is 0.283. The molecule has 21 heavy (non-hydrogen) atoms. The summed E-state index contributed by atoms with van der Waals surface area (Å²) in [5.74, 6) is -1.04. The molecule has 2 N–H and O–H groups in total. The van der Waals surface area contributed by atoms with Crippen LogP contribution in [0.2, 0.25) is 0 Å². The number of imide groups is 1. The summed E-state index contributed by atoms with van der Waals surface area (Å²) < 4.78 is 0. The van der Waals surface area contributed by atoms with Gasteiger partial charge in [0.1, 0.15) is 6.04 Å². The van der Waals surface area contributed by atoms with Gasteiger partial charge in [-0.15, -0.1) is 0 Å². The molecular weight excluding hydrogens is 270 g/mol. The molecule has 0 saturated carbocycles. The third kappa shape index (κ3) is 4.13. The first kappa shape index (κ1) is 15.2. The summed E-state index contributed by atoms with van der Waals surface area (Å²) in [6.07, 6.45) is 0.591. The fourth-order valence-corrected chi connectivity index (χ4v) is 2.20. The SMILES string of the molecule is CN(C)Cc1ccc(C(=O)NC2CCC(=O)NC2=O)cc1. The van der Waals surface area contributed by atoms with Gasteiger partial charge in [0.15, 0.2) is 0 Å². The molecule has 0 aliphatic carbocycles. The maximum atomic E-state index is 12.1. The number of benzene rings is 1. The lowest BCUT2D eigenvalue weighted by Gasteiger charge is -2.21. The van der Waals surface area contributed by atoms with E-state index in [0.717, 1.165) is 12.1 Å². The quantitative estimate of drug-likeness (QED) is 0.781. The lowest BCUT2D eigenvalue weighted by molar-refractivity contribution is -0.134. The van der Waals surface area contributed by atoms with Crippen molar-refractivity contribution in [2.24, 2.45) is 0 Å². The summed E-state index contributed by atoms with van der Waals surface area (Å²) >= 11 is 0. The largest absolute Gasteiger partial charge is 0.340 e. The van der Waals surface area contributed by atoms with E-state index in [1.807, 2.05) is 31.1 Å². The van der Waals surface area contributed by atoms with Crippen LogP contribution in [0.3, 0.4) is 0 Å². The highest BCUT2D eigenvalue weighted by Gasteiger charge is 2.27. The topological polar surface area (TPSA) is 78.5 Å². The molecule has 6 nitrogen and oxygen atoms in total. The Hall–Kier alpha value is -2.21. The highest BCUT2D eigenvalue weighted by atomic mass is 16.2. The lowest BCUT2D eigenvalue weighted by atomic mass is 10.1. The lowest BCUT2D eigenvalue weighted by Crippen LogP contribution is -2.52. The third-order valence-corrected chi connectivity index (χ3v) is 3.26. The van der Waals surface area contributed by atoms with E-state index in [9.17, 15) is 14.4 Å². The Morgan fingerprint density at radius 1 is 1.29 bits per heavy atom. The van der Waals surface area contributed by atoms with Crippen molar-refractivity contribution in [3.05, 3.63) is 35.4 Å². The van der Waals surface area contributed by atoms with Gasteiger partial charge in [-0.1, -0.05) is 12.1 Å². The highest BCUT2D eigenvalue weighted by Crippen LogP contribution is 2.09. The van der Waals surface area contributed by atoms with Crippen LogP contribution in [0.4, 0.5) is 0 Å². The van der Waals surface area contributed by atoms with Crippen molar-refractivity contribution in [3.63, 3.8) is 0 Å². The average Bonchev–Trinajstić information content (AvgIpc) is 2.42. The number of hydrogen-bond acceptors (Lipinski definition) is 4. The van der Waals surface area contributed by atoms with Gasteiger partial charge in [0.05, 0.1) is 0 Å². The maximum absolute atomic E-state index is 12.1. The molecule has 0 spiro atoms. The molecule has 1 aliphatic heterocycles. The molecule has 1 heterocycles. The van der Waals surface area contributed by atoms with Crippen molar-refractivity contribution < 1.29 is 14.4 Å². The van der Waals surface area contributed by atoms with Crippen LogP contribution in [-0.4, -0.2) is 42.8 Å². The van der Waals surface area contributed by atoms with E-state index in [4.69, 9.17) is 0 Å². The van der Waals surface area contributed by atoms with Gasteiger partial charge in [0, 0.05) is 18.5 Å². The minimum Gasteiger partial charge on any atom is -0.340 e. The number of carbonyl (C=O) groups excluding carboxylic acids is 3. The summed E-state index contributed by atoms with van der Waals surface area (Å²) in [5.41, 5.74) is 1.61. The fourth-order valence-electron chi connectivity index (χ4n) is 2.20. The van der Waals surface area contributed by atoms with Gasteiger partial charge in [-0.05, 0) is 38.2 Å². The Kier molecular flexibility index (Phi) is 4.70. The maximum Gasteiger partial charge on any atom is 0.251 e. The number of piperidine rings is 1. The molecule has 1 saturated heterocycles. The van der Waals surface area contributed by atoms with E-state index in [0.29, 0.717) is 12.0 Å². The molecule has 1 aromatic carbocycles. The zero-order valence-corrected chi connectivity index (χ0v) is 12.2. The van der Waals surface area contributed by atoms with Gasteiger partial charge in [0.25, 0.3) is 5.91 Å². The molecule has 1 atom stereocenters. The molecule has 112 valence electrons. The second-order valence-corrected chi connectivity index (χ2v) is 5.41. The molecule has 1 aromatic rings. The Bertz CT molecular complexity index is 552. The van der Waals surface area contributed by atoms with Crippen LogP contribution >= 0.6 is 0 Å². The van der Waals surface area contributed by atoms with Gasteiger partial charge in [-0.2, -0.15) is 0 Å². The van der Waals surface area contributed by atoms with Crippen molar-refractivity contribution in [1.82, 2.24) is 15.5 Å². The van der Waals surface area contributed by atoms with Crippen LogP contribution in [0.25, 0.3) is 0 Å². The molecule has 1 unspecified atom stereocenters. The van der Waals surface area contributed by atoms with Crippen molar-refractivity contribution in [1.29, 1.82) is 0 Å². The number of rotatable bonds is 4. The van der Waals surface area contributed by atoms with E-state index >= 15 is 0 Å². The Morgan fingerprint density at radius 3 is 2.52 bits per heavy atom. The molecule has 1 aliphatic rings. The van der Waals surface area contributed by atoms with Crippen molar-refractivity contribution in [2.75, 3.05) is 14.1 Å². The summed E-state index contributed by atoms with van der Waals surface area (Å²) in [7, 11) is 3.95. The normalized spacial score (nSPS) is 18.5. The van der Waals surface area contributed by atoms with Crippen LogP contribution < -0.4 is 10.6 Å². The number of carbonyl (C=O) groups is 3. The predicted molar refractivity (Wildman–Crippen MR) is 77.5 cm³/mol. The van der Waals surface area contributed by atoms with Crippen LogP contribution in [0.1, 0.15) is 28.8 Å². The van der Waals surface area contributed by atoms with Gasteiger partial charge in [-0.25, -0.2) is 0 Å². The van der Waals surface area contributed by atoms with E-state index in [-0.39, 0.29) is 18.2 Å². The molecule has 0 bridgehead atoms. The molecule has 1 fully saturated rings. The molecule has 6 heteroatoms. The number of hydrogen-bond donors (Lipinski definition) is 2. The number of nitrogens with zero attached hydrogens (tertiary/aromatic N) is 1. The Morgan fingerprint density at radius 2 is 1.95 bits per heavy atom. The van der Waals surface area contributed by atoms with Gasteiger partial charge >= 0.3 is 0 Å². The molecular formula is C15H19N3O3. The van der Waals surface area contributed by atoms with Gasteiger partial charge in [-0.3, -0.25) is 19.7 Å². The Labute approximate surface area is 123 Å². The summed E-state index contributed by atoms with van der Waals surface area (Å²) in [6.45, 7) is 0.801. The summed E-state index contributed by atoms with van der Waals surface area (Å²) in [4.78, 5) is 36.8. The van der Waals surface area contributed by atoms with Crippen molar-refractivity contribution in [3.8, 4) is 0 Å². The van der Waals surface area contributed by atoms with Crippen LogP contribution in [0.5, 0.6) is 0 Å². The monoisotopic (exact) mass is 289 g/mol. The van der Waals surface area contributed by atoms with E-state index < -0.39 is 11.9 Å². The molecule has 2 rings (SSSR count). The zero-order valence-electron chi connectivity index (χ0n) is 12.2. The van der Waals surface area contributed by atoms with Crippen LogP contribution in [0, 0.1) is 0 Å². The number of nitrogens with one attached hydrogen (secondary N) is 2. The van der Waals surface area contributed by atoms with E-state index in [1.54, 1.807) is 12.1 Å². The first-order chi connectivity index (χ1) is 9.95. The van der Waals surface area contributed by atoms with Crippen LogP contribution in [-0.2, 0) is 16.1 Å². The second kappa shape index (κ2) is 6.49. The van der Waals surface area contributed by atoms with Gasteiger partial charge < -0.3 is 10.2 Å². The zero-order chi connectivity index (χ0) is 15.4. The first-order valence-electron chi connectivity index (χ1n) is 6.84. The second-order valence-electron chi connectivity index (χ2n) is 5.41. The standard InChI is InChI=1S/C15H19N3O3/c1-18(2)9-10-3-5-11(6-4-10)14(20)16-12-7-8-13(19)17-15(12)21/h3-6,12H,7-9H2,1-2H3,(H,16,20)(H,17,19,21). The molecule has 0 radical (unpaired) electrons. The fraction of sp³-hybridized carbons (Fsp3) is 0.400. The minimum atomic E-state index is -0.642. The average molecular weight is 289 g/mol. The van der Waals surface area contributed by atoms with Crippen LogP contribution in [0.15, 0.2) is 24.3 Å². The Balaban J connectivity index is 1.97. The minimum absolute atomic E-state index is 0.248. The van der Waals surface area contributed by atoms with Crippen molar-refractivity contribution >= 4 is 17.7 Å². The highest BCUT2D eigenvalue weighted by molar-refractivity contribution is 6.03. The number of amides is 3. The third-order valence-electron chi connectivity index (χ3n) is 3.26. The summed E-state index contributed by atoms with van der Waals surface area (Å²) in [5, 5.41) is 4.87. The first-order valence-corrected chi connectivity index (χ1v) is 6.84. The van der Waals surface area contributed by atoms with Crippen molar-refractivity contribution in [2.45, 2.75) is 25.4 Å².